The molecule has 1 saturated heterocycles. The van der Waals surface area contributed by atoms with Crippen molar-refractivity contribution in [2.24, 2.45) is 0 Å². The summed E-state index contributed by atoms with van der Waals surface area (Å²) in [7, 11) is 1.60. The summed E-state index contributed by atoms with van der Waals surface area (Å²) in [6.07, 6.45) is 0.738. The lowest BCUT2D eigenvalue weighted by atomic mass is 10.0. The molecule has 1 aliphatic heterocycles. The predicted octanol–water partition coefficient (Wildman–Crippen LogP) is 0.853. The van der Waals surface area contributed by atoms with Crippen molar-refractivity contribution in [2.45, 2.75) is 12.0 Å². The third-order valence-electron chi connectivity index (χ3n) is 3.15. The van der Waals surface area contributed by atoms with Crippen LogP contribution in [-0.2, 0) is 9.47 Å². The summed E-state index contributed by atoms with van der Waals surface area (Å²) in [5.74, 6) is -0.124. The fraction of sp³-hybridized carbons (Fsp3) is 0.500. The van der Waals surface area contributed by atoms with E-state index in [0.717, 1.165) is 6.42 Å². The molecular formula is C12H16ClN3O3. The molecule has 3 N–H and O–H groups in total. The number of hydrogen-bond acceptors (Lipinski definition) is 5. The van der Waals surface area contributed by atoms with Crippen LogP contribution in [0.4, 0.5) is 5.82 Å². The molecule has 6 nitrogen and oxygen atoms in total. The Morgan fingerprint density at radius 3 is 3.11 bits per heavy atom. The summed E-state index contributed by atoms with van der Waals surface area (Å²) >= 11 is 5.92. The molecule has 2 rings (SSSR count). The normalized spacial score (nSPS) is 22.4. The van der Waals surface area contributed by atoms with Gasteiger partial charge in [0.2, 0.25) is 0 Å². The molecule has 1 aromatic rings. The van der Waals surface area contributed by atoms with E-state index in [9.17, 15) is 4.79 Å². The van der Waals surface area contributed by atoms with Gasteiger partial charge in [0.25, 0.3) is 5.91 Å². The van der Waals surface area contributed by atoms with Crippen molar-refractivity contribution >= 4 is 23.3 Å². The molecule has 2 heterocycles. The fourth-order valence-electron chi connectivity index (χ4n) is 1.90. The highest BCUT2D eigenvalue weighted by molar-refractivity contribution is 6.33. The molecule has 1 amide bonds. The van der Waals surface area contributed by atoms with E-state index in [4.69, 9.17) is 26.8 Å². The fourth-order valence-corrected chi connectivity index (χ4v) is 2.09. The molecule has 0 aromatic carbocycles. The molecule has 19 heavy (non-hydrogen) atoms. The van der Waals surface area contributed by atoms with E-state index in [-0.39, 0.29) is 22.4 Å². The SMILES string of the molecule is COC1(CNC(=O)c2nc(N)ccc2Cl)CCOC1. The molecular weight excluding hydrogens is 270 g/mol. The highest BCUT2D eigenvalue weighted by atomic mass is 35.5. The van der Waals surface area contributed by atoms with Crippen LogP contribution in [0.15, 0.2) is 12.1 Å². The number of pyridine rings is 1. The highest BCUT2D eigenvalue weighted by Gasteiger charge is 2.35. The minimum Gasteiger partial charge on any atom is -0.384 e. The van der Waals surface area contributed by atoms with Crippen molar-refractivity contribution in [1.82, 2.24) is 10.3 Å². The topological polar surface area (TPSA) is 86.5 Å². The van der Waals surface area contributed by atoms with Gasteiger partial charge in [0.1, 0.15) is 17.1 Å². The van der Waals surface area contributed by atoms with E-state index in [2.05, 4.69) is 10.3 Å². The zero-order valence-corrected chi connectivity index (χ0v) is 11.4. The van der Waals surface area contributed by atoms with Crippen molar-refractivity contribution in [3.05, 3.63) is 22.8 Å². The summed E-state index contributed by atoms with van der Waals surface area (Å²) in [5, 5.41) is 3.02. The smallest absolute Gasteiger partial charge is 0.271 e. The Morgan fingerprint density at radius 1 is 1.68 bits per heavy atom. The number of rotatable bonds is 4. The highest BCUT2D eigenvalue weighted by Crippen LogP contribution is 2.22. The lowest BCUT2D eigenvalue weighted by molar-refractivity contribution is -0.0149. The van der Waals surface area contributed by atoms with Gasteiger partial charge in [0.05, 0.1) is 11.6 Å². The molecule has 104 valence electrons. The summed E-state index contributed by atoms with van der Waals surface area (Å²) in [6.45, 7) is 1.43. The van der Waals surface area contributed by atoms with Crippen molar-refractivity contribution in [3.63, 3.8) is 0 Å². The predicted molar refractivity (Wildman–Crippen MR) is 71.2 cm³/mol. The zero-order valence-electron chi connectivity index (χ0n) is 10.6. The van der Waals surface area contributed by atoms with Gasteiger partial charge in [-0.1, -0.05) is 11.6 Å². The number of carbonyl (C=O) groups is 1. The van der Waals surface area contributed by atoms with Crippen LogP contribution in [-0.4, -0.2) is 43.4 Å². The van der Waals surface area contributed by atoms with Crippen LogP contribution in [0, 0.1) is 0 Å². The van der Waals surface area contributed by atoms with E-state index in [0.29, 0.717) is 19.8 Å². The van der Waals surface area contributed by atoms with Crippen molar-refractivity contribution < 1.29 is 14.3 Å². The largest absolute Gasteiger partial charge is 0.384 e. The summed E-state index contributed by atoms with van der Waals surface area (Å²) in [6, 6.07) is 3.09. The molecule has 1 unspecified atom stereocenters. The number of carbonyl (C=O) groups excluding carboxylic acids is 1. The Balaban J connectivity index is 2.03. The first-order chi connectivity index (χ1) is 9.06. The molecule has 7 heteroatoms. The Hall–Kier alpha value is -1.37. The molecule has 1 aromatic heterocycles. The van der Waals surface area contributed by atoms with Gasteiger partial charge in [-0.05, 0) is 12.1 Å². The summed E-state index contributed by atoms with van der Waals surface area (Å²) in [4.78, 5) is 16.0. The van der Waals surface area contributed by atoms with Gasteiger partial charge in [-0.3, -0.25) is 4.79 Å². The van der Waals surface area contributed by atoms with E-state index in [1.165, 1.54) is 0 Å². The minimum atomic E-state index is -0.470. The first kappa shape index (κ1) is 14.0. The molecule has 0 spiro atoms. The van der Waals surface area contributed by atoms with E-state index < -0.39 is 5.60 Å². The number of ether oxygens (including phenoxy) is 2. The van der Waals surface area contributed by atoms with Gasteiger partial charge in [0, 0.05) is 26.7 Å². The zero-order chi connectivity index (χ0) is 13.9. The van der Waals surface area contributed by atoms with Crippen LogP contribution >= 0.6 is 11.6 Å². The Labute approximate surface area is 116 Å². The van der Waals surface area contributed by atoms with E-state index in [1.807, 2.05) is 0 Å². The first-order valence-corrected chi connectivity index (χ1v) is 6.27. The molecule has 1 aliphatic rings. The molecule has 0 bridgehead atoms. The molecule has 1 atom stereocenters. The summed E-state index contributed by atoms with van der Waals surface area (Å²) < 4.78 is 10.7. The molecule has 0 radical (unpaired) electrons. The number of nitrogen functional groups attached to an aromatic ring is 1. The lowest BCUT2D eigenvalue weighted by Gasteiger charge is -2.25. The van der Waals surface area contributed by atoms with Gasteiger partial charge >= 0.3 is 0 Å². The molecule has 0 saturated carbocycles. The van der Waals surface area contributed by atoms with Gasteiger partial charge in [-0.15, -0.1) is 0 Å². The Bertz CT molecular complexity index is 475. The maximum absolute atomic E-state index is 12.0. The van der Waals surface area contributed by atoms with E-state index >= 15 is 0 Å². The van der Waals surface area contributed by atoms with Gasteiger partial charge in [-0.25, -0.2) is 4.98 Å². The van der Waals surface area contributed by atoms with Gasteiger partial charge in [-0.2, -0.15) is 0 Å². The quantitative estimate of drug-likeness (QED) is 0.856. The Kier molecular flexibility index (Phi) is 4.24. The maximum Gasteiger partial charge on any atom is 0.271 e. The van der Waals surface area contributed by atoms with Crippen molar-refractivity contribution in [2.75, 3.05) is 32.6 Å². The van der Waals surface area contributed by atoms with E-state index in [1.54, 1.807) is 19.2 Å². The number of anilines is 1. The summed E-state index contributed by atoms with van der Waals surface area (Å²) in [5.41, 5.74) is 5.19. The maximum atomic E-state index is 12.0. The number of aromatic nitrogens is 1. The van der Waals surface area contributed by atoms with Gasteiger partial charge < -0.3 is 20.5 Å². The average Bonchev–Trinajstić information content (AvgIpc) is 2.88. The van der Waals surface area contributed by atoms with Crippen LogP contribution in [0.1, 0.15) is 16.9 Å². The van der Waals surface area contributed by atoms with Crippen LogP contribution < -0.4 is 11.1 Å². The molecule has 1 fully saturated rings. The number of nitrogens with one attached hydrogen (secondary N) is 1. The van der Waals surface area contributed by atoms with Crippen LogP contribution in [0.25, 0.3) is 0 Å². The number of nitrogens with zero attached hydrogens (tertiary/aromatic N) is 1. The second-order valence-corrected chi connectivity index (χ2v) is 4.85. The number of halogens is 1. The third kappa shape index (κ3) is 3.15. The average molecular weight is 286 g/mol. The van der Waals surface area contributed by atoms with Crippen LogP contribution in [0.5, 0.6) is 0 Å². The number of methoxy groups -OCH3 is 1. The van der Waals surface area contributed by atoms with Crippen LogP contribution in [0.2, 0.25) is 5.02 Å². The Morgan fingerprint density at radius 2 is 2.47 bits per heavy atom. The van der Waals surface area contributed by atoms with Crippen molar-refractivity contribution in [3.8, 4) is 0 Å². The third-order valence-corrected chi connectivity index (χ3v) is 3.46. The molecule has 0 aliphatic carbocycles. The monoisotopic (exact) mass is 285 g/mol. The standard InChI is InChI=1S/C12H16ClN3O3/c1-18-12(4-5-19-7-12)6-15-11(17)10-8(13)2-3-9(14)16-10/h2-3H,4-7H2,1H3,(H2,14,16)(H,15,17). The second kappa shape index (κ2) is 5.73. The number of hydrogen-bond donors (Lipinski definition) is 2. The number of nitrogens with two attached hydrogens (primary N) is 1. The van der Waals surface area contributed by atoms with Crippen LogP contribution in [0.3, 0.4) is 0 Å². The number of amides is 1. The minimum absolute atomic E-state index is 0.117. The van der Waals surface area contributed by atoms with Crippen molar-refractivity contribution in [1.29, 1.82) is 0 Å². The second-order valence-electron chi connectivity index (χ2n) is 4.44. The van der Waals surface area contributed by atoms with Gasteiger partial charge in [0.15, 0.2) is 0 Å². The lowest BCUT2D eigenvalue weighted by Crippen LogP contribution is -2.45. The first-order valence-electron chi connectivity index (χ1n) is 5.89.